The fourth-order valence-corrected chi connectivity index (χ4v) is 5.87. The molecule has 40 heavy (non-hydrogen) atoms. The Morgan fingerprint density at radius 1 is 1.20 bits per heavy atom. The van der Waals surface area contributed by atoms with Gasteiger partial charge in [0.2, 0.25) is 6.41 Å². The molecule has 0 radical (unpaired) electrons. The van der Waals surface area contributed by atoms with Gasteiger partial charge in [0.15, 0.2) is 12.1 Å². The predicted octanol–water partition coefficient (Wildman–Crippen LogP) is 5.47. The molecule has 0 aliphatic carbocycles. The van der Waals surface area contributed by atoms with Gasteiger partial charge in [-0.2, -0.15) is 5.10 Å². The lowest BCUT2D eigenvalue weighted by atomic mass is 9.97. The Balaban J connectivity index is 1.20. The zero-order valence-corrected chi connectivity index (χ0v) is 24.2. The van der Waals surface area contributed by atoms with Crippen LogP contribution in [0.4, 0.5) is 5.69 Å². The predicted molar refractivity (Wildman–Crippen MR) is 154 cm³/mol. The summed E-state index contributed by atoms with van der Waals surface area (Å²) < 4.78 is 24.8. The van der Waals surface area contributed by atoms with Crippen molar-refractivity contribution in [3.63, 3.8) is 0 Å². The molecule has 2 fully saturated rings. The fourth-order valence-electron chi connectivity index (χ4n) is 5.22. The normalized spacial score (nSPS) is 21.8. The standard InChI is InChI=1S/C30H38N4O5S/c1-21(22-7-10-26(28(16-22)40-3)33(19-35)20-36-2)25-13-14-34(32-25)29-12-8-23(17-31-29)27-11-9-24(39-27)18-38-30-6-4-5-15-37-30/h7-8,10,12-14,16-17,19,21,24,27,30H,4-6,9,11,15,18,20H2,1-3H3. The van der Waals surface area contributed by atoms with E-state index in [4.69, 9.17) is 24.0 Å². The number of thioether (sulfide) groups is 1. The summed E-state index contributed by atoms with van der Waals surface area (Å²) in [5, 5.41) is 4.82. The van der Waals surface area contributed by atoms with E-state index < -0.39 is 0 Å². The van der Waals surface area contributed by atoms with Crippen molar-refractivity contribution in [1.82, 2.24) is 14.8 Å². The van der Waals surface area contributed by atoms with Crippen LogP contribution in [0.1, 0.15) is 67.9 Å². The van der Waals surface area contributed by atoms with Crippen molar-refractivity contribution in [2.24, 2.45) is 0 Å². The quantitative estimate of drug-likeness (QED) is 0.162. The van der Waals surface area contributed by atoms with Gasteiger partial charge in [0.1, 0.15) is 6.73 Å². The van der Waals surface area contributed by atoms with E-state index in [0.29, 0.717) is 6.61 Å². The van der Waals surface area contributed by atoms with Crippen LogP contribution in [-0.4, -0.2) is 66.9 Å². The molecule has 2 saturated heterocycles. The number of hydrogen-bond donors (Lipinski definition) is 0. The number of benzene rings is 1. The maximum atomic E-state index is 11.5. The molecule has 2 aromatic heterocycles. The van der Waals surface area contributed by atoms with E-state index in [0.717, 1.165) is 78.3 Å². The molecule has 4 unspecified atom stereocenters. The first-order valence-electron chi connectivity index (χ1n) is 13.9. The molecule has 4 heterocycles. The lowest BCUT2D eigenvalue weighted by Crippen LogP contribution is -2.26. The summed E-state index contributed by atoms with van der Waals surface area (Å²) in [5.41, 5.74) is 3.97. The third-order valence-corrected chi connectivity index (χ3v) is 8.32. The number of anilines is 1. The summed E-state index contributed by atoms with van der Waals surface area (Å²) in [4.78, 5) is 18.8. The van der Waals surface area contributed by atoms with E-state index in [2.05, 4.69) is 24.0 Å². The maximum Gasteiger partial charge on any atom is 0.216 e. The molecule has 5 rings (SSSR count). The van der Waals surface area contributed by atoms with Gasteiger partial charge in [0.25, 0.3) is 0 Å². The van der Waals surface area contributed by atoms with Gasteiger partial charge in [-0.05, 0) is 73.8 Å². The zero-order valence-electron chi connectivity index (χ0n) is 23.4. The largest absolute Gasteiger partial charge is 0.368 e. The highest BCUT2D eigenvalue weighted by Crippen LogP contribution is 2.35. The van der Waals surface area contributed by atoms with Crippen molar-refractivity contribution >= 4 is 23.9 Å². The average Bonchev–Trinajstić information content (AvgIpc) is 3.70. The Labute approximate surface area is 240 Å². The van der Waals surface area contributed by atoms with Crippen molar-refractivity contribution in [2.45, 2.75) is 68.3 Å². The smallest absolute Gasteiger partial charge is 0.216 e. The van der Waals surface area contributed by atoms with Gasteiger partial charge in [0, 0.05) is 36.9 Å². The minimum atomic E-state index is -0.0836. The molecule has 10 heteroatoms. The van der Waals surface area contributed by atoms with Crippen molar-refractivity contribution in [1.29, 1.82) is 0 Å². The summed E-state index contributed by atoms with van der Waals surface area (Å²) in [6.45, 7) is 3.70. The van der Waals surface area contributed by atoms with Gasteiger partial charge in [-0.25, -0.2) is 9.67 Å². The molecule has 3 aromatic rings. The number of ether oxygens (including phenoxy) is 4. The minimum absolute atomic E-state index is 0.0308. The number of methoxy groups -OCH3 is 1. The number of carbonyl (C=O) groups is 1. The van der Waals surface area contributed by atoms with Crippen LogP contribution in [0.5, 0.6) is 0 Å². The number of carbonyl (C=O) groups excluding carboxylic acids is 1. The van der Waals surface area contributed by atoms with Crippen molar-refractivity contribution in [3.8, 4) is 5.82 Å². The first-order chi connectivity index (χ1) is 19.6. The van der Waals surface area contributed by atoms with Crippen molar-refractivity contribution in [3.05, 3.63) is 65.6 Å². The second-order valence-corrected chi connectivity index (χ2v) is 11.1. The van der Waals surface area contributed by atoms with E-state index in [-0.39, 0.29) is 31.1 Å². The first-order valence-corrected chi connectivity index (χ1v) is 15.1. The van der Waals surface area contributed by atoms with E-state index >= 15 is 0 Å². The molecule has 2 aliphatic heterocycles. The van der Waals surface area contributed by atoms with Crippen LogP contribution in [0.25, 0.3) is 5.82 Å². The number of amides is 1. The third-order valence-electron chi connectivity index (χ3n) is 7.55. The SMILES string of the molecule is COCN(C=O)c1ccc(C(C)c2ccn(-c3ccc(C4CCC(COC5CCCCO5)O4)cn3)n2)cc1SC. The van der Waals surface area contributed by atoms with Gasteiger partial charge in [0.05, 0.1) is 30.2 Å². The van der Waals surface area contributed by atoms with Crippen LogP contribution < -0.4 is 4.90 Å². The Kier molecular flexibility index (Phi) is 9.88. The number of rotatable bonds is 12. The lowest BCUT2D eigenvalue weighted by molar-refractivity contribution is -0.178. The Morgan fingerprint density at radius 3 is 2.83 bits per heavy atom. The molecular formula is C30H38N4O5S. The number of nitrogens with zero attached hydrogens (tertiary/aromatic N) is 4. The molecule has 4 atom stereocenters. The Hall–Kier alpha value is -2.76. The molecule has 2 aliphatic rings. The third kappa shape index (κ3) is 6.75. The van der Waals surface area contributed by atoms with Gasteiger partial charge in [-0.15, -0.1) is 11.8 Å². The first kappa shape index (κ1) is 28.8. The summed E-state index contributed by atoms with van der Waals surface area (Å²) >= 11 is 1.60. The topological polar surface area (TPSA) is 87.9 Å². The fraction of sp³-hybridized carbons (Fsp3) is 0.500. The molecule has 1 amide bonds. The van der Waals surface area contributed by atoms with Crippen LogP contribution in [0.3, 0.4) is 0 Å². The molecule has 0 N–H and O–H groups in total. The molecule has 0 bridgehead atoms. The van der Waals surface area contributed by atoms with E-state index in [1.165, 1.54) is 0 Å². The van der Waals surface area contributed by atoms with Crippen molar-refractivity contribution < 1.29 is 23.7 Å². The summed E-state index contributed by atoms with van der Waals surface area (Å²) in [6, 6.07) is 12.2. The Morgan fingerprint density at radius 2 is 2.10 bits per heavy atom. The van der Waals surface area contributed by atoms with Crippen LogP contribution in [0.15, 0.2) is 53.7 Å². The van der Waals surface area contributed by atoms with E-state index in [9.17, 15) is 4.79 Å². The van der Waals surface area contributed by atoms with Gasteiger partial charge in [-0.1, -0.05) is 19.1 Å². The zero-order chi connectivity index (χ0) is 27.9. The summed E-state index contributed by atoms with van der Waals surface area (Å²) in [7, 11) is 1.58. The average molecular weight is 567 g/mol. The minimum Gasteiger partial charge on any atom is -0.368 e. The lowest BCUT2D eigenvalue weighted by Gasteiger charge is -2.24. The highest BCUT2D eigenvalue weighted by molar-refractivity contribution is 7.98. The monoisotopic (exact) mass is 566 g/mol. The second-order valence-electron chi connectivity index (χ2n) is 10.2. The number of pyridine rings is 1. The molecule has 214 valence electrons. The van der Waals surface area contributed by atoms with Crippen LogP contribution in [0, 0.1) is 0 Å². The highest BCUT2D eigenvalue weighted by Gasteiger charge is 2.28. The van der Waals surface area contributed by atoms with E-state index in [1.807, 2.05) is 47.6 Å². The highest BCUT2D eigenvalue weighted by atomic mass is 32.2. The van der Waals surface area contributed by atoms with Gasteiger partial charge < -0.3 is 18.9 Å². The summed E-state index contributed by atoms with van der Waals surface area (Å²) in [6.07, 6.45) is 11.8. The van der Waals surface area contributed by atoms with Gasteiger partial charge in [-0.3, -0.25) is 9.69 Å². The second kappa shape index (κ2) is 13.7. The van der Waals surface area contributed by atoms with E-state index in [1.54, 1.807) is 23.8 Å². The maximum absolute atomic E-state index is 11.5. The molecular weight excluding hydrogens is 528 g/mol. The van der Waals surface area contributed by atoms with Crippen LogP contribution in [0.2, 0.25) is 0 Å². The Bertz CT molecular complexity index is 1250. The molecule has 1 aromatic carbocycles. The van der Waals surface area contributed by atoms with Crippen LogP contribution in [-0.2, 0) is 23.7 Å². The molecule has 9 nitrogen and oxygen atoms in total. The molecule has 0 spiro atoms. The van der Waals surface area contributed by atoms with Crippen molar-refractivity contribution in [2.75, 3.05) is 38.2 Å². The van der Waals surface area contributed by atoms with Gasteiger partial charge >= 0.3 is 0 Å². The summed E-state index contributed by atoms with van der Waals surface area (Å²) in [5.74, 6) is 0.827. The van der Waals surface area contributed by atoms with Crippen LogP contribution >= 0.6 is 11.8 Å². The number of hydrogen-bond acceptors (Lipinski definition) is 8. The molecule has 0 saturated carbocycles. The number of aromatic nitrogens is 3.